The molecule has 0 saturated heterocycles. The average molecular weight is 284 g/mol. The number of anilines is 1. The van der Waals surface area contributed by atoms with Gasteiger partial charge < -0.3 is 0 Å². The monoisotopic (exact) mass is 283 g/mol. The Morgan fingerprint density at radius 3 is 2.21 bits per heavy atom. The molecule has 0 radical (unpaired) electrons. The molecule has 0 aromatic heterocycles. The number of alkyl halides is 1. The summed E-state index contributed by atoms with van der Waals surface area (Å²) in [5.41, 5.74) is 3.08. The van der Waals surface area contributed by atoms with Crippen LogP contribution in [-0.4, -0.2) is 18.4 Å². The van der Waals surface area contributed by atoms with Gasteiger partial charge in [-0.15, -0.1) is 11.6 Å². The van der Waals surface area contributed by atoms with Gasteiger partial charge in [0.05, 0.1) is 12.3 Å². The van der Waals surface area contributed by atoms with Crippen molar-refractivity contribution in [3.8, 4) is 0 Å². The molecule has 3 nitrogen and oxygen atoms in total. The van der Waals surface area contributed by atoms with E-state index in [4.69, 9.17) is 16.4 Å². The molecule has 1 aromatic carbocycles. The Balaban J connectivity index is 3.22. The van der Waals surface area contributed by atoms with Crippen LogP contribution in [0.25, 0.3) is 0 Å². The minimum Gasteiger partial charge on any atom is -0.271 e. The SMILES string of the molecule is CCCON(C(=O)CCl)c1c(CC)cccc1CC. The second-order valence-corrected chi connectivity index (χ2v) is 4.55. The molecule has 0 bridgehead atoms. The summed E-state index contributed by atoms with van der Waals surface area (Å²) in [6.45, 7) is 6.66. The van der Waals surface area contributed by atoms with Crippen LogP contribution in [0.1, 0.15) is 38.3 Å². The van der Waals surface area contributed by atoms with Crippen LogP contribution in [0.4, 0.5) is 5.69 Å². The molecular weight excluding hydrogens is 262 g/mol. The van der Waals surface area contributed by atoms with Crippen molar-refractivity contribution < 1.29 is 9.63 Å². The van der Waals surface area contributed by atoms with Gasteiger partial charge in [-0.2, -0.15) is 5.06 Å². The lowest BCUT2D eigenvalue weighted by Gasteiger charge is -2.25. The number of amides is 1. The van der Waals surface area contributed by atoms with Crippen LogP contribution >= 0.6 is 11.6 Å². The van der Waals surface area contributed by atoms with E-state index in [1.807, 2.05) is 25.1 Å². The predicted octanol–water partition coefficient (Wildman–Crippen LogP) is 3.72. The van der Waals surface area contributed by atoms with Gasteiger partial charge >= 0.3 is 0 Å². The van der Waals surface area contributed by atoms with E-state index in [1.54, 1.807) is 0 Å². The van der Waals surface area contributed by atoms with Gasteiger partial charge in [0.25, 0.3) is 5.91 Å². The fourth-order valence-electron chi connectivity index (χ4n) is 1.97. The second-order valence-electron chi connectivity index (χ2n) is 4.29. The maximum Gasteiger partial charge on any atom is 0.265 e. The molecule has 0 saturated carbocycles. The van der Waals surface area contributed by atoms with Gasteiger partial charge in [-0.1, -0.05) is 39.0 Å². The van der Waals surface area contributed by atoms with Crippen molar-refractivity contribution in [3.63, 3.8) is 0 Å². The minimum absolute atomic E-state index is 0.0785. The summed E-state index contributed by atoms with van der Waals surface area (Å²) in [5, 5.41) is 1.38. The van der Waals surface area contributed by atoms with Crippen molar-refractivity contribution in [1.29, 1.82) is 0 Å². The zero-order valence-electron chi connectivity index (χ0n) is 11.9. The molecule has 0 spiro atoms. The highest BCUT2D eigenvalue weighted by atomic mass is 35.5. The molecule has 1 amide bonds. The van der Waals surface area contributed by atoms with Crippen LogP contribution in [0.3, 0.4) is 0 Å². The van der Waals surface area contributed by atoms with Gasteiger partial charge in [-0.25, -0.2) is 0 Å². The number of hydroxylamine groups is 1. The van der Waals surface area contributed by atoms with E-state index in [-0.39, 0.29) is 11.8 Å². The fraction of sp³-hybridized carbons (Fsp3) is 0.533. The highest BCUT2D eigenvalue weighted by Gasteiger charge is 2.21. The maximum atomic E-state index is 12.0. The molecule has 0 aliphatic carbocycles. The van der Waals surface area contributed by atoms with E-state index in [1.165, 1.54) is 5.06 Å². The minimum atomic E-state index is -0.217. The molecule has 0 fully saturated rings. The summed E-state index contributed by atoms with van der Waals surface area (Å²) in [4.78, 5) is 17.6. The molecule has 1 aromatic rings. The third kappa shape index (κ3) is 3.95. The zero-order valence-corrected chi connectivity index (χ0v) is 12.7. The van der Waals surface area contributed by atoms with Crippen LogP contribution in [0, 0.1) is 0 Å². The maximum absolute atomic E-state index is 12.0. The Hall–Kier alpha value is -1.06. The number of carbonyl (C=O) groups is 1. The van der Waals surface area contributed by atoms with Gasteiger partial charge in [0, 0.05) is 0 Å². The summed E-state index contributed by atoms with van der Waals surface area (Å²) in [7, 11) is 0. The lowest BCUT2D eigenvalue weighted by molar-refractivity contribution is -0.123. The molecule has 0 aliphatic heterocycles. The van der Waals surface area contributed by atoms with Crippen LogP contribution < -0.4 is 5.06 Å². The molecule has 0 heterocycles. The molecule has 0 atom stereocenters. The lowest BCUT2D eigenvalue weighted by Crippen LogP contribution is -2.34. The molecular formula is C15H22ClNO2. The lowest BCUT2D eigenvalue weighted by atomic mass is 10.0. The number of halogens is 1. The number of hydrogen-bond acceptors (Lipinski definition) is 2. The fourth-order valence-corrected chi connectivity index (χ4v) is 2.08. The molecule has 1 rings (SSSR count). The zero-order chi connectivity index (χ0) is 14.3. The Morgan fingerprint density at radius 2 is 1.79 bits per heavy atom. The first kappa shape index (κ1) is 16.0. The van der Waals surface area contributed by atoms with Gasteiger partial charge in [0.2, 0.25) is 0 Å². The Labute approximate surface area is 120 Å². The first-order chi connectivity index (χ1) is 9.19. The molecule has 4 heteroatoms. The predicted molar refractivity (Wildman–Crippen MR) is 79.6 cm³/mol. The van der Waals surface area contributed by atoms with Crippen molar-refractivity contribution in [3.05, 3.63) is 29.3 Å². The number of hydrogen-bond donors (Lipinski definition) is 0. The van der Waals surface area contributed by atoms with E-state index in [0.29, 0.717) is 6.61 Å². The van der Waals surface area contributed by atoms with Crippen molar-refractivity contribution >= 4 is 23.2 Å². The molecule has 0 N–H and O–H groups in total. The van der Waals surface area contributed by atoms with Crippen molar-refractivity contribution in [2.45, 2.75) is 40.0 Å². The summed E-state index contributed by atoms with van der Waals surface area (Å²) >= 11 is 5.70. The number of aryl methyl sites for hydroxylation is 2. The Morgan fingerprint density at radius 1 is 1.21 bits per heavy atom. The van der Waals surface area contributed by atoms with E-state index in [2.05, 4.69) is 13.8 Å². The van der Waals surface area contributed by atoms with Crippen LogP contribution in [0.2, 0.25) is 0 Å². The number of benzene rings is 1. The highest BCUT2D eigenvalue weighted by molar-refractivity contribution is 6.29. The summed E-state index contributed by atoms with van der Waals surface area (Å²) in [6, 6.07) is 6.07. The molecule has 19 heavy (non-hydrogen) atoms. The number of para-hydroxylation sites is 1. The summed E-state index contributed by atoms with van der Waals surface area (Å²) in [6.07, 6.45) is 2.55. The van der Waals surface area contributed by atoms with Gasteiger partial charge in [-0.3, -0.25) is 9.63 Å². The number of carbonyl (C=O) groups excluding carboxylic acids is 1. The highest BCUT2D eigenvalue weighted by Crippen LogP contribution is 2.27. The standard InChI is InChI=1S/C15H22ClNO2/c1-4-10-19-17(14(18)11-16)15-12(5-2)8-7-9-13(15)6-3/h7-9H,4-6,10-11H2,1-3H3. The normalized spacial score (nSPS) is 10.5. The Kier molecular flexibility index (Phi) is 6.89. The molecule has 106 valence electrons. The van der Waals surface area contributed by atoms with Gasteiger partial charge in [-0.05, 0) is 30.4 Å². The van der Waals surface area contributed by atoms with Crippen molar-refractivity contribution in [2.24, 2.45) is 0 Å². The summed E-state index contributed by atoms with van der Waals surface area (Å²) < 4.78 is 0. The van der Waals surface area contributed by atoms with E-state index in [9.17, 15) is 4.79 Å². The first-order valence-electron chi connectivity index (χ1n) is 6.82. The quantitative estimate of drug-likeness (QED) is 0.564. The van der Waals surface area contributed by atoms with Crippen LogP contribution in [0.5, 0.6) is 0 Å². The first-order valence-corrected chi connectivity index (χ1v) is 7.35. The largest absolute Gasteiger partial charge is 0.271 e. The molecule has 0 unspecified atom stereocenters. The Bertz CT molecular complexity index is 398. The van der Waals surface area contributed by atoms with Crippen LogP contribution in [-0.2, 0) is 22.5 Å². The van der Waals surface area contributed by atoms with E-state index >= 15 is 0 Å². The van der Waals surface area contributed by atoms with Gasteiger partial charge in [0.15, 0.2) is 0 Å². The number of rotatable bonds is 7. The van der Waals surface area contributed by atoms with E-state index in [0.717, 1.165) is 36.1 Å². The van der Waals surface area contributed by atoms with E-state index < -0.39 is 0 Å². The third-order valence-electron chi connectivity index (χ3n) is 2.93. The molecule has 0 aliphatic rings. The topological polar surface area (TPSA) is 29.5 Å². The van der Waals surface area contributed by atoms with Gasteiger partial charge in [0.1, 0.15) is 5.88 Å². The van der Waals surface area contributed by atoms with Crippen molar-refractivity contribution in [1.82, 2.24) is 0 Å². The second kappa shape index (κ2) is 8.18. The average Bonchev–Trinajstić information content (AvgIpc) is 2.46. The van der Waals surface area contributed by atoms with Crippen molar-refractivity contribution in [2.75, 3.05) is 17.6 Å². The third-order valence-corrected chi connectivity index (χ3v) is 3.16. The van der Waals surface area contributed by atoms with Crippen LogP contribution in [0.15, 0.2) is 18.2 Å². The smallest absolute Gasteiger partial charge is 0.265 e. The summed E-state index contributed by atoms with van der Waals surface area (Å²) in [5.74, 6) is -0.295. The number of nitrogens with zero attached hydrogens (tertiary/aromatic N) is 1.